The number of nitrogens with zero attached hydrogens (tertiary/aromatic N) is 1. The van der Waals surface area contributed by atoms with E-state index in [0.717, 1.165) is 38.4 Å². The van der Waals surface area contributed by atoms with Crippen molar-refractivity contribution in [2.45, 2.75) is 25.4 Å². The standard InChI is InChI=1S/C16H25N3O2.2ClH/c1-13(12-19-7-9-21-10-8-19)18-16(20)11-15(17)14-5-3-2-4-6-14;;/h2-6,13,15H,7-12,17H2,1H3,(H,18,20);2*1H. The summed E-state index contributed by atoms with van der Waals surface area (Å²) in [5, 5.41) is 3.03. The van der Waals surface area contributed by atoms with E-state index in [0.29, 0.717) is 6.42 Å². The third kappa shape index (κ3) is 7.99. The predicted octanol–water partition coefficient (Wildman–Crippen LogP) is 1.76. The van der Waals surface area contributed by atoms with Gasteiger partial charge in [-0.05, 0) is 12.5 Å². The molecule has 1 aliphatic heterocycles. The van der Waals surface area contributed by atoms with E-state index in [1.807, 2.05) is 37.3 Å². The molecule has 2 atom stereocenters. The van der Waals surface area contributed by atoms with E-state index in [1.54, 1.807) is 0 Å². The summed E-state index contributed by atoms with van der Waals surface area (Å²) in [5.41, 5.74) is 7.06. The van der Waals surface area contributed by atoms with Gasteiger partial charge in [0.25, 0.3) is 0 Å². The molecule has 5 nitrogen and oxygen atoms in total. The van der Waals surface area contributed by atoms with Crippen molar-refractivity contribution in [3.8, 4) is 0 Å². The largest absolute Gasteiger partial charge is 0.379 e. The summed E-state index contributed by atoms with van der Waals surface area (Å²) >= 11 is 0. The van der Waals surface area contributed by atoms with Crippen LogP contribution < -0.4 is 11.1 Å². The summed E-state index contributed by atoms with van der Waals surface area (Å²) in [6, 6.07) is 9.60. The minimum atomic E-state index is -0.248. The van der Waals surface area contributed by atoms with E-state index < -0.39 is 0 Å². The van der Waals surface area contributed by atoms with Crippen molar-refractivity contribution >= 4 is 30.7 Å². The van der Waals surface area contributed by atoms with Gasteiger partial charge in [0.05, 0.1) is 13.2 Å². The zero-order valence-corrected chi connectivity index (χ0v) is 15.1. The lowest BCUT2D eigenvalue weighted by Gasteiger charge is -2.29. The van der Waals surface area contributed by atoms with E-state index >= 15 is 0 Å². The Bertz CT molecular complexity index is 442. The maximum absolute atomic E-state index is 12.0. The van der Waals surface area contributed by atoms with E-state index in [2.05, 4.69) is 10.2 Å². The van der Waals surface area contributed by atoms with Crippen LogP contribution in [-0.4, -0.2) is 49.7 Å². The van der Waals surface area contributed by atoms with Crippen LogP contribution >= 0.6 is 24.8 Å². The summed E-state index contributed by atoms with van der Waals surface area (Å²) in [5.74, 6) is 0.00659. The highest BCUT2D eigenvalue weighted by molar-refractivity contribution is 5.85. The molecule has 1 heterocycles. The minimum absolute atomic E-state index is 0. The molecule has 0 saturated carbocycles. The average Bonchev–Trinajstić information content (AvgIpc) is 2.48. The number of halogens is 2. The number of hydrogen-bond donors (Lipinski definition) is 2. The monoisotopic (exact) mass is 363 g/mol. The zero-order chi connectivity index (χ0) is 15.1. The number of amides is 1. The molecule has 7 heteroatoms. The van der Waals surface area contributed by atoms with Gasteiger partial charge in [0.1, 0.15) is 0 Å². The maximum Gasteiger partial charge on any atom is 0.222 e. The number of carbonyl (C=O) groups is 1. The number of morpholine rings is 1. The highest BCUT2D eigenvalue weighted by Crippen LogP contribution is 2.13. The van der Waals surface area contributed by atoms with Gasteiger partial charge in [0, 0.05) is 38.1 Å². The number of nitrogens with two attached hydrogens (primary N) is 1. The predicted molar refractivity (Wildman–Crippen MR) is 97.3 cm³/mol. The molecule has 1 amide bonds. The Morgan fingerprint density at radius 1 is 1.26 bits per heavy atom. The van der Waals surface area contributed by atoms with Crippen LogP contribution in [0.1, 0.15) is 24.9 Å². The number of carbonyl (C=O) groups excluding carboxylic acids is 1. The van der Waals surface area contributed by atoms with Crippen molar-refractivity contribution in [2.24, 2.45) is 5.73 Å². The maximum atomic E-state index is 12.0. The molecular weight excluding hydrogens is 337 g/mol. The molecule has 1 fully saturated rings. The van der Waals surface area contributed by atoms with Gasteiger partial charge in [0.2, 0.25) is 5.91 Å². The molecule has 2 unspecified atom stereocenters. The summed E-state index contributed by atoms with van der Waals surface area (Å²) in [7, 11) is 0. The Balaban J connectivity index is 0.00000242. The molecule has 0 spiro atoms. The molecule has 0 aromatic heterocycles. The Morgan fingerprint density at radius 3 is 2.48 bits per heavy atom. The average molecular weight is 364 g/mol. The van der Waals surface area contributed by atoms with Crippen LogP contribution in [0.2, 0.25) is 0 Å². The number of hydrogen-bond acceptors (Lipinski definition) is 4. The Morgan fingerprint density at radius 2 is 1.87 bits per heavy atom. The molecule has 1 aromatic carbocycles. The molecule has 0 bridgehead atoms. The second kappa shape index (κ2) is 11.6. The Hall–Kier alpha value is -0.850. The SMILES string of the molecule is CC(CN1CCOCC1)NC(=O)CC(N)c1ccccc1.Cl.Cl. The fourth-order valence-electron chi connectivity index (χ4n) is 2.57. The van der Waals surface area contributed by atoms with Crippen molar-refractivity contribution in [3.05, 3.63) is 35.9 Å². The normalized spacial score (nSPS) is 17.3. The fourth-order valence-corrected chi connectivity index (χ4v) is 2.57. The molecule has 1 aromatic rings. The first-order chi connectivity index (χ1) is 10.1. The third-order valence-corrected chi connectivity index (χ3v) is 3.68. The fraction of sp³-hybridized carbons (Fsp3) is 0.562. The van der Waals surface area contributed by atoms with Gasteiger partial charge < -0.3 is 15.8 Å². The molecule has 1 aliphatic rings. The van der Waals surface area contributed by atoms with Gasteiger partial charge in [-0.3, -0.25) is 9.69 Å². The third-order valence-electron chi connectivity index (χ3n) is 3.68. The zero-order valence-electron chi connectivity index (χ0n) is 13.4. The van der Waals surface area contributed by atoms with Crippen molar-refractivity contribution in [2.75, 3.05) is 32.8 Å². The summed E-state index contributed by atoms with van der Waals surface area (Å²) in [6.45, 7) is 6.31. The van der Waals surface area contributed by atoms with E-state index in [-0.39, 0.29) is 42.8 Å². The molecule has 23 heavy (non-hydrogen) atoms. The first kappa shape index (κ1) is 22.1. The van der Waals surface area contributed by atoms with E-state index in [1.165, 1.54) is 0 Å². The molecule has 132 valence electrons. The number of benzene rings is 1. The van der Waals surface area contributed by atoms with Gasteiger partial charge >= 0.3 is 0 Å². The summed E-state index contributed by atoms with van der Waals surface area (Å²) in [4.78, 5) is 14.4. The molecule has 0 radical (unpaired) electrons. The topological polar surface area (TPSA) is 67.6 Å². The lowest BCUT2D eigenvalue weighted by Crippen LogP contribution is -2.46. The summed E-state index contributed by atoms with van der Waals surface area (Å²) in [6.07, 6.45) is 0.317. The van der Waals surface area contributed by atoms with E-state index in [4.69, 9.17) is 10.5 Å². The van der Waals surface area contributed by atoms with Gasteiger partial charge in [-0.1, -0.05) is 30.3 Å². The van der Waals surface area contributed by atoms with Crippen LogP contribution in [0.5, 0.6) is 0 Å². The number of ether oxygens (including phenoxy) is 1. The smallest absolute Gasteiger partial charge is 0.222 e. The number of rotatable bonds is 6. The lowest BCUT2D eigenvalue weighted by atomic mass is 10.0. The molecule has 1 saturated heterocycles. The van der Waals surface area contributed by atoms with Gasteiger partial charge in [0.15, 0.2) is 0 Å². The second-order valence-corrected chi connectivity index (χ2v) is 5.60. The summed E-state index contributed by atoms with van der Waals surface area (Å²) < 4.78 is 5.32. The quantitative estimate of drug-likeness (QED) is 0.807. The van der Waals surface area contributed by atoms with Crippen molar-refractivity contribution < 1.29 is 9.53 Å². The first-order valence-corrected chi connectivity index (χ1v) is 7.55. The van der Waals surface area contributed by atoms with Crippen molar-refractivity contribution in [1.82, 2.24) is 10.2 Å². The van der Waals surface area contributed by atoms with Crippen LogP contribution in [0.4, 0.5) is 0 Å². The van der Waals surface area contributed by atoms with Gasteiger partial charge in [-0.25, -0.2) is 0 Å². The minimum Gasteiger partial charge on any atom is -0.379 e. The van der Waals surface area contributed by atoms with Crippen LogP contribution in [0.3, 0.4) is 0 Å². The molecule has 3 N–H and O–H groups in total. The first-order valence-electron chi connectivity index (χ1n) is 7.55. The molecule has 2 rings (SSSR count). The van der Waals surface area contributed by atoms with Crippen molar-refractivity contribution in [3.63, 3.8) is 0 Å². The molecule has 0 aliphatic carbocycles. The second-order valence-electron chi connectivity index (χ2n) is 5.60. The van der Waals surface area contributed by atoms with Crippen molar-refractivity contribution in [1.29, 1.82) is 0 Å². The van der Waals surface area contributed by atoms with Crippen LogP contribution in [0.25, 0.3) is 0 Å². The highest BCUT2D eigenvalue weighted by atomic mass is 35.5. The lowest BCUT2D eigenvalue weighted by molar-refractivity contribution is -0.122. The highest BCUT2D eigenvalue weighted by Gasteiger charge is 2.17. The van der Waals surface area contributed by atoms with Gasteiger partial charge in [-0.15, -0.1) is 24.8 Å². The van der Waals surface area contributed by atoms with Crippen LogP contribution in [0, 0.1) is 0 Å². The van der Waals surface area contributed by atoms with Crippen LogP contribution in [0.15, 0.2) is 30.3 Å². The Labute approximate surface area is 150 Å². The molecular formula is C16H27Cl2N3O2. The van der Waals surface area contributed by atoms with Gasteiger partial charge in [-0.2, -0.15) is 0 Å². The van der Waals surface area contributed by atoms with Crippen LogP contribution in [-0.2, 0) is 9.53 Å². The van der Waals surface area contributed by atoms with E-state index in [9.17, 15) is 4.79 Å². The Kier molecular flexibility index (Phi) is 11.2. The number of nitrogens with one attached hydrogen (secondary N) is 1.